The van der Waals surface area contributed by atoms with Crippen molar-refractivity contribution in [2.75, 3.05) is 6.16 Å². The summed E-state index contributed by atoms with van der Waals surface area (Å²) in [5, 5.41) is 2.98. The maximum absolute atomic E-state index is 2.27. The summed E-state index contributed by atoms with van der Waals surface area (Å²) in [6.07, 6.45) is 2.53. The van der Waals surface area contributed by atoms with Gasteiger partial charge in [0.25, 0.3) is 0 Å². The molecule has 0 aromatic heterocycles. The Morgan fingerprint density at radius 3 is 1.56 bits per heavy atom. The number of rotatable bonds is 4. The van der Waals surface area contributed by atoms with Gasteiger partial charge in [0.05, 0.1) is 0 Å². The molecule has 0 N–H and O–H groups in total. The number of hydrogen-bond acceptors (Lipinski definition) is 0. The van der Waals surface area contributed by atoms with E-state index in [0.29, 0.717) is 0 Å². The van der Waals surface area contributed by atoms with Gasteiger partial charge in [-0.3, -0.25) is 0 Å². The van der Waals surface area contributed by atoms with E-state index in [2.05, 4.69) is 67.6 Å². The van der Waals surface area contributed by atoms with Crippen molar-refractivity contribution >= 4 is 18.5 Å². The second-order valence-corrected chi connectivity index (χ2v) is 6.16. The predicted octanol–water partition coefficient (Wildman–Crippen LogP) is 3.53. The van der Waals surface area contributed by atoms with Gasteiger partial charge in [0.1, 0.15) is 0 Å². The second-order valence-electron chi connectivity index (χ2n) is 3.82. The minimum Gasteiger partial charge on any atom is -0.0650 e. The lowest BCUT2D eigenvalue weighted by Gasteiger charge is -2.17. The third-order valence-electron chi connectivity index (χ3n) is 2.58. The summed E-state index contributed by atoms with van der Waals surface area (Å²) in [6, 6.07) is 21.8. The van der Waals surface area contributed by atoms with Gasteiger partial charge < -0.3 is 0 Å². The molecule has 0 spiro atoms. The molecule has 0 amide bonds. The van der Waals surface area contributed by atoms with Gasteiger partial charge in [0.2, 0.25) is 0 Å². The zero-order valence-corrected chi connectivity index (χ0v) is 10.5. The SMILES string of the molecule is CCCP(c1ccccc1)c1ccccc1. The van der Waals surface area contributed by atoms with E-state index in [9.17, 15) is 0 Å². The average molecular weight is 228 g/mol. The molecule has 82 valence electrons. The van der Waals surface area contributed by atoms with Crippen LogP contribution in [0.4, 0.5) is 0 Å². The highest BCUT2D eigenvalue weighted by atomic mass is 31.1. The fraction of sp³-hybridized carbons (Fsp3) is 0.200. The van der Waals surface area contributed by atoms with Gasteiger partial charge >= 0.3 is 0 Å². The molecule has 2 rings (SSSR count). The molecule has 0 radical (unpaired) electrons. The van der Waals surface area contributed by atoms with Gasteiger partial charge in [0, 0.05) is 0 Å². The Bertz CT molecular complexity index is 368. The summed E-state index contributed by atoms with van der Waals surface area (Å²) >= 11 is 0. The van der Waals surface area contributed by atoms with Crippen LogP contribution in [0.5, 0.6) is 0 Å². The number of hydrogen-bond donors (Lipinski definition) is 0. The monoisotopic (exact) mass is 228 g/mol. The minimum atomic E-state index is -0.151. The third kappa shape index (κ3) is 2.71. The smallest absolute Gasteiger partial charge is 0.0195 e. The summed E-state index contributed by atoms with van der Waals surface area (Å²) in [5.74, 6) is 0. The fourth-order valence-corrected chi connectivity index (χ4v) is 4.17. The lowest BCUT2D eigenvalue weighted by Crippen LogP contribution is -2.13. The summed E-state index contributed by atoms with van der Waals surface area (Å²) < 4.78 is 0. The normalized spacial score (nSPS) is 10.6. The summed E-state index contributed by atoms with van der Waals surface area (Å²) in [4.78, 5) is 0. The van der Waals surface area contributed by atoms with Crippen molar-refractivity contribution in [3.8, 4) is 0 Å². The first-order chi connectivity index (χ1) is 7.92. The largest absolute Gasteiger partial charge is 0.0650 e. The van der Waals surface area contributed by atoms with Crippen LogP contribution in [-0.4, -0.2) is 6.16 Å². The highest BCUT2D eigenvalue weighted by Gasteiger charge is 2.11. The maximum Gasteiger partial charge on any atom is -0.0195 e. The zero-order chi connectivity index (χ0) is 11.2. The van der Waals surface area contributed by atoms with Crippen LogP contribution < -0.4 is 10.6 Å². The molecule has 2 aromatic rings. The van der Waals surface area contributed by atoms with Crippen LogP contribution in [0.25, 0.3) is 0 Å². The molecular formula is C15H17P. The average Bonchev–Trinajstić information content (AvgIpc) is 2.38. The van der Waals surface area contributed by atoms with Gasteiger partial charge in [-0.05, 0) is 24.7 Å². The van der Waals surface area contributed by atoms with Crippen LogP contribution >= 0.6 is 7.92 Å². The molecular weight excluding hydrogens is 211 g/mol. The van der Waals surface area contributed by atoms with E-state index in [1.54, 1.807) is 0 Å². The van der Waals surface area contributed by atoms with Gasteiger partial charge in [-0.1, -0.05) is 74.0 Å². The van der Waals surface area contributed by atoms with Gasteiger partial charge in [0.15, 0.2) is 0 Å². The Kier molecular flexibility index (Phi) is 4.13. The molecule has 0 fully saturated rings. The van der Waals surface area contributed by atoms with Gasteiger partial charge in [-0.25, -0.2) is 0 Å². The molecule has 0 saturated carbocycles. The quantitative estimate of drug-likeness (QED) is 0.702. The minimum absolute atomic E-state index is 0.151. The van der Waals surface area contributed by atoms with Gasteiger partial charge in [-0.2, -0.15) is 0 Å². The van der Waals surface area contributed by atoms with Crippen molar-refractivity contribution in [3.05, 3.63) is 60.7 Å². The Labute approximate surface area is 99.1 Å². The van der Waals surface area contributed by atoms with E-state index in [4.69, 9.17) is 0 Å². The molecule has 0 aliphatic carbocycles. The standard InChI is InChI=1S/C15H17P/c1-2-13-16(14-9-5-3-6-10-14)15-11-7-4-8-12-15/h3-12H,2,13H2,1H3. The van der Waals surface area contributed by atoms with Crippen LogP contribution in [0.2, 0.25) is 0 Å². The second kappa shape index (κ2) is 5.82. The molecule has 2 aromatic carbocycles. The highest BCUT2D eigenvalue weighted by molar-refractivity contribution is 7.73. The lowest BCUT2D eigenvalue weighted by molar-refractivity contribution is 1.10. The van der Waals surface area contributed by atoms with Crippen molar-refractivity contribution in [3.63, 3.8) is 0 Å². The van der Waals surface area contributed by atoms with Crippen LogP contribution in [0.1, 0.15) is 13.3 Å². The van der Waals surface area contributed by atoms with Crippen LogP contribution in [0.3, 0.4) is 0 Å². The van der Waals surface area contributed by atoms with E-state index >= 15 is 0 Å². The molecule has 0 heterocycles. The van der Waals surface area contributed by atoms with E-state index in [-0.39, 0.29) is 7.92 Å². The molecule has 0 unspecified atom stereocenters. The zero-order valence-electron chi connectivity index (χ0n) is 9.63. The molecule has 16 heavy (non-hydrogen) atoms. The van der Waals surface area contributed by atoms with Gasteiger partial charge in [-0.15, -0.1) is 0 Å². The van der Waals surface area contributed by atoms with Crippen molar-refractivity contribution < 1.29 is 0 Å². The summed E-state index contributed by atoms with van der Waals surface area (Å²) in [5.41, 5.74) is 0. The van der Waals surface area contributed by atoms with E-state index in [0.717, 1.165) is 0 Å². The molecule has 0 saturated heterocycles. The van der Waals surface area contributed by atoms with Crippen LogP contribution in [-0.2, 0) is 0 Å². The maximum atomic E-state index is 2.27. The fourth-order valence-electron chi connectivity index (χ4n) is 1.85. The summed E-state index contributed by atoms with van der Waals surface area (Å²) in [7, 11) is -0.151. The van der Waals surface area contributed by atoms with Crippen molar-refractivity contribution in [1.29, 1.82) is 0 Å². The molecule has 0 atom stereocenters. The Balaban J connectivity index is 2.31. The molecule has 0 nitrogen and oxygen atoms in total. The van der Waals surface area contributed by atoms with Crippen molar-refractivity contribution in [2.45, 2.75) is 13.3 Å². The van der Waals surface area contributed by atoms with E-state index < -0.39 is 0 Å². The van der Waals surface area contributed by atoms with Crippen LogP contribution in [0.15, 0.2) is 60.7 Å². The summed E-state index contributed by atoms with van der Waals surface area (Å²) in [6.45, 7) is 2.27. The molecule has 1 heteroatoms. The molecule has 0 bridgehead atoms. The number of benzene rings is 2. The Morgan fingerprint density at radius 1 is 0.750 bits per heavy atom. The van der Waals surface area contributed by atoms with Crippen molar-refractivity contribution in [2.24, 2.45) is 0 Å². The van der Waals surface area contributed by atoms with Crippen LogP contribution in [0, 0.1) is 0 Å². The van der Waals surface area contributed by atoms with Crippen molar-refractivity contribution in [1.82, 2.24) is 0 Å². The van der Waals surface area contributed by atoms with E-state index in [1.807, 2.05) is 0 Å². The Hall–Kier alpha value is -1.13. The molecule has 0 aliphatic rings. The first kappa shape index (κ1) is 11.4. The topological polar surface area (TPSA) is 0 Å². The van der Waals surface area contributed by atoms with E-state index in [1.165, 1.54) is 23.2 Å². The predicted molar refractivity (Wildman–Crippen MR) is 74.2 cm³/mol. The third-order valence-corrected chi connectivity index (χ3v) is 5.32. The Morgan fingerprint density at radius 2 is 1.19 bits per heavy atom. The molecule has 0 aliphatic heterocycles. The lowest BCUT2D eigenvalue weighted by atomic mass is 10.4. The highest BCUT2D eigenvalue weighted by Crippen LogP contribution is 2.33. The first-order valence-corrected chi connectivity index (χ1v) is 7.32. The first-order valence-electron chi connectivity index (χ1n) is 5.79.